The molecule has 2 rings (SSSR count). The van der Waals surface area contributed by atoms with Gasteiger partial charge in [0.05, 0.1) is 6.26 Å². The van der Waals surface area contributed by atoms with Gasteiger partial charge in [0.2, 0.25) is 0 Å². The van der Waals surface area contributed by atoms with Gasteiger partial charge in [0.25, 0.3) is 5.91 Å². The van der Waals surface area contributed by atoms with Gasteiger partial charge in [0.15, 0.2) is 5.76 Å². The van der Waals surface area contributed by atoms with Crippen LogP contribution in [0.4, 0.5) is 0 Å². The Morgan fingerprint density at radius 2 is 2.12 bits per heavy atom. The highest BCUT2D eigenvalue weighted by Crippen LogP contribution is 2.19. The van der Waals surface area contributed by atoms with Gasteiger partial charge in [-0.15, -0.1) is 12.4 Å². The minimum atomic E-state index is -0.110. The third-order valence-electron chi connectivity index (χ3n) is 3.19. The maximum Gasteiger partial charge on any atom is 0.287 e. The zero-order valence-electron chi connectivity index (χ0n) is 10.2. The van der Waals surface area contributed by atoms with E-state index in [1.54, 1.807) is 12.3 Å². The molecule has 1 saturated heterocycles. The first-order valence-electron chi connectivity index (χ1n) is 5.68. The normalized spacial score (nSPS) is 18.2. The van der Waals surface area contributed by atoms with Crippen LogP contribution in [0.15, 0.2) is 16.7 Å². The highest BCUT2D eigenvalue weighted by molar-refractivity contribution is 5.93. The van der Waals surface area contributed by atoms with E-state index in [1.165, 1.54) is 0 Å². The average Bonchev–Trinajstić information content (AvgIpc) is 2.65. The van der Waals surface area contributed by atoms with Crippen LogP contribution in [0.2, 0.25) is 0 Å². The fourth-order valence-corrected chi connectivity index (χ4v) is 2.04. The number of hydrogen-bond acceptors (Lipinski definition) is 3. The number of carbonyl (C=O) groups is 1. The van der Waals surface area contributed by atoms with Crippen molar-refractivity contribution in [3.8, 4) is 0 Å². The summed E-state index contributed by atoms with van der Waals surface area (Å²) >= 11 is 0. The molecule has 5 heteroatoms. The molecule has 4 nitrogen and oxygen atoms in total. The molecule has 1 aromatic rings. The highest BCUT2D eigenvalue weighted by atomic mass is 35.5. The molecule has 96 valence electrons. The molecule has 0 aromatic carbocycles. The predicted molar refractivity (Wildman–Crippen MR) is 68.7 cm³/mol. The summed E-state index contributed by atoms with van der Waals surface area (Å²) in [7, 11) is 0. The number of nitrogens with one attached hydrogen (secondary N) is 2. The van der Waals surface area contributed by atoms with Gasteiger partial charge in [0, 0.05) is 11.1 Å². The summed E-state index contributed by atoms with van der Waals surface area (Å²) in [5, 5.41) is 6.35. The second kappa shape index (κ2) is 5.56. The molecule has 0 atom stereocenters. The Hall–Kier alpha value is -1.00. The van der Waals surface area contributed by atoms with Crippen LogP contribution >= 0.6 is 12.4 Å². The van der Waals surface area contributed by atoms with Crippen LogP contribution in [-0.2, 0) is 0 Å². The van der Waals surface area contributed by atoms with Crippen molar-refractivity contribution in [1.82, 2.24) is 10.6 Å². The molecule has 1 aromatic heterocycles. The number of aryl methyl sites for hydroxylation is 1. The molecule has 1 amide bonds. The first kappa shape index (κ1) is 14.1. The zero-order chi connectivity index (χ0) is 11.6. The fraction of sp³-hybridized carbons (Fsp3) is 0.583. The summed E-state index contributed by atoms with van der Waals surface area (Å²) in [5.74, 6) is 0.326. The summed E-state index contributed by atoms with van der Waals surface area (Å²) in [6, 6.07) is 1.81. The smallest absolute Gasteiger partial charge is 0.287 e. The number of carbonyl (C=O) groups excluding carboxylic acids is 1. The molecule has 0 bridgehead atoms. The van der Waals surface area contributed by atoms with Crippen LogP contribution in [0.5, 0.6) is 0 Å². The highest BCUT2D eigenvalue weighted by Gasteiger charge is 2.29. The van der Waals surface area contributed by atoms with Crippen LogP contribution in [0, 0.1) is 6.92 Å². The van der Waals surface area contributed by atoms with Gasteiger partial charge in [0.1, 0.15) is 0 Å². The summed E-state index contributed by atoms with van der Waals surface area (Å²) < 4.78 is 5.18. The Morgan fingerprint density at radius 3 is 2.65 bits per heavy atom. The van der Waals surface area contributed by atoms with E-state index in [0.717, 1.165) is 31.5 Å². The Kier molecular flexibility index (Phi) is 4.60. The van der Waals surface area contributed by atoms with Gasteiger partial charge in [-0.3, -0.25) is 4.79 Å². The maximum absolute atomic E-state index is 12.0. The van der Waals surface area contributed by atoms with Crippen LogP contribution < -0.4 is 10.6 Å². The van der Waals surface area contributed by atoms with Crippen molar-refractivity contribution in [3.63, 3.8) is 0 Å². The number of hydrogen-bond donors (Lipinski definition) is 2. The maximum atomic E-state index is 12.0. The van der Waals surface area contributed by atoms with Gasteiger partial charge in [-0.1, -0.05) is 0 Å². The lowest BCUT2D eigenvalue weighted by atomic mass is 9.90. The van der Waals surface area contributed by atoms with Crippen molar-refractivity contribution in [2.24, 2.45) is 0 Å². The van der Waals surface area contributed by atoms with Crippen molar-refractivity contribution in [2.75, 3.05) is 13.1 Å². The second-order valence-electron chi connectivity index (χ2n) is 4.70. The molecule has 2 N–H and O–H groups in total. The third-order valence-corrected chi connectivity index (χ3v) is 3.19. The molecule has 1 fully saturated rings. The fourth-order valence-electron chi connectivity index (χ4n) is 2.04. The Bertz CT molecular complexity index is 384. The summed E-state index contributed by atoms with van der Waals surface area (Å²) in [6.07, 6.45) is 3.46. The van der Waals surface area contributed by atoms with Gasteiger partial charge in [-0.05, 0) is 45.8 Å². The molecule has 0 radical (unpaired) electrons. The topological polar surface area (TPSA) is 54.3 Å². The van der Waals surface area contributed by atoms with E-state index in [0.29, 0.717) is 5.76 Å². The number of rotatable bonds is 2. The molecule has 1 aliphatic rings. The first-order chi connectivity index (χ1) is 7.61. The number of piperidine rings is 1. The van der Waals surface area contributed by atoms with E-state index < -0.39 is 0 Å². The van der Waals surface area contributed by atoms with Crippen LogP contribution in [0.3, 0.4) is 0 Å². The molecule has 1 aliphatic heterocycles. The van der Waals surface area contributed by atoms with Crippen molar-refractivity contribution in [1.29, 1.82) is 0 Å². The van der Waals surface area contributed by atoms with Crippen molar-refractivity contribution in [3.05, 3.63) is 23.7 Å². The molecule has 17 heavy (non-hydrogen) atoms. The van der Waals surface area contributed by atoms with Crippen LogP contribution in [-0.4, -0.2) is 24.5 Å². The molecule has 2 heterocycles. The van der Waals surface area contributed by atoms with Gasteiger partial charge in [-0.25, -0.2) is 0 Å². The predicted octanol–water partition coefficient (Wildman–Crippen LogP) is 1.88. The number of furan rings is 1. The van der Waals surface area contributed by atoms with E-state index in [1.807, 2.05) is 6.92 Å². The molecule has 0 aliphatic carbocycles. The molecular weight excluding hydrogens is 240 g/mol. The van der Waals surface area contributed by atoms with Gasteiger partial charge >= 0.3 is 0 Å². The standard InChI is InChI=1S/C12H18N2O2.ClH/c1-9-3-8-16-10(9)11(15)14-12(2)4-6-13-7-5-12;/h3,8,13H,4-7H2,1-2H3,(H,14,15);1H. The number of halogens is 1. The first-order valence-corrected chi connectivity index (χ1v) is 5.68. The van der Waals surface area contributed by atoms with Gasteiger partial charge in [-0.2, -0.15) is 0 Å². The minimum Gasteiger partial charge on any atom is -0.459 e. The Labute approximate surface area is 108 Å². The minimum absolute atomic E-state index is 0. The summed E-state index contributed by atoms with van der Waals surface area (Å²) in [5.41, 5.74) is 0.775. The van der Waals surface area contributed by atoms with E-state index in [-0.39, 0.29) is 23.9 Å². The van der Waals surface area contributed by atoms with Crippen molar-refractivity contribution < 1.29 is 9.21 Å². The SMILES string of the molecule is Cc1ccoc1C(=O)NC1(C)CCNCC1.Cl. The lowest BCUT2D eigenvalue weighted by molar-refractivity contribution is 0.0858. The monoisotopic (exact) mass is 258 g/mol. The quantitative estimate of drug-likeness (QED) is 0.852. The summed E-state index contributed by atoms with van der Waals surface area (Å²) in [6.45, 7) is 5.87. The Balaban J connectivity index is 0.00000144. The van der Waals surface area contributed by atoms with E-state index >= 15 is 0 Å². The van der Waals surface area contributed by atoms with Crippen molar-refractivity contribution in [2.45, 2.75) is 32.2 Å². The van der Waals surface area contributed by atoms with Crippen LogP contribution in [0.25, 0.3) is 0 Å². The van der Waals surface area contributed by atoms with Gasteiger partial charge < -0.3 is 15.1 Å². The largest absolute Gasteiger partial charge is 0.459 e. The lowest BCUT2D eigenvalue weighted by Gasteiger charge is -2.34. The second-order valence-corrected chi connectivity index (χ2v) is 4.70. The van der Waals surface area contributed by atoms with Crippen LogP contribution in [0.1, 0.15) is 35.9 Å². The molecule has 0 spiro atoms. The van der Waals surface area contributed by atoms with E-state index in [9.17, 15) is 4.79 Å². The molecule has 0 unspecified atom stereocenters. The average molecular weight is 259 g/mol. The number of amides is 1. The summed E-state index contributed by atoms with van der Waals surface area (Å²) in [4.78, 5) is 12.0. The Morgan fingerprint density at radius 1 is 1.47 bits per heavy atom. The van der Waals surface area contributed by atoms with Crippen molar-refractivity contribution >= 4 is 18.3 Å². The third kappa shape index (κ3) is 3.23. The zero-order valence-corrected chi connectivity index (χ0v) is 11.0. The molecule has 0 saturated carbocycles. The lowest BCUT2D eigenvalue weighted by Crippen LogP contribution is -2.52. The molecular formula is C12H19ClN2O2. The van der Waals surface area contributed by atoms with E-state index in [2.05, 4.69) is 17.6 Å². The van der Waals surface area contributed by atoms with E-state index in [4.69, 9.17) is 4.42 Å².